The van der Waals surface area contributed by atoms with Crippen LogP contribution in [0.15, 0.2) is 54.7 Å². The Hall–Kier alpha value is -2.75. The number of anilines is 2. The second-order valence-electron chi connectivity index (χ2n) is 5.56. The van der Waals surface area contributed by atoms with Gasteiger partial charge >= 0.3 is 0 Å². The molecule has 3 rings (SSSR count). The molecule has 0 spiro atoms. The molecule has 112 valence electrons. The number of benzene rings is 2. The van der Waals surface area contributed by atoms with Crippen LogP contribution in [-0.4, -0.2) is 24.6 Å². The van der Waals surface area contributed by atoms with E-state index < -0.39 is 0 Å². The Morgan fingerprint density at radius 2 is 1.77 bits per heavy atom. The van der Waals surface area contributed by atoms with Crippen molar-refractivity contribution in [3.05, 3.63) is 60.3 Å². The van der Waals surface area contributed by atoms with E-state index in [2.05, 4.69) is 5.32 Å². The molecule has 4 nitrogen and oxygen atoms in total. The van der Waals surface area contributed by atoms with E-state index >= 15 is 0 Å². The third-order valence-electron chi connectivity index (χ3n) is 3.81. The van der Waals surface area contributed by atoms with Crippen LogP contribution >= 0.6 is 0 Å². The molecule has 0 radical (unpaired) electrons. The molecule has 4 heteroatoms. The van der Waals surface area contributed by atoms with Gasteiger partial charge in [-0.3, -0.25) is 4.79 Å². The summed E-state index contributed by atoms with van der Waals surface area (Å²) in [5.74, 6) is -0.0885. The zero-order valence-electron chi connectivity index (χ0n) is 13.0. The lowest BCUT2D eigenvalue weighted by Crippen LogP contribution is -2.13. The summed E-state index contributed by atoms with van der Waals surface area (Å²) in [5, 5.41) is 3.92. The van der Waals surface area contributed by atoms with Gasteiger partial charge in [0.15, 0.2) is 0 Å². The summed E-state index contributed by atoms with van der Waals surface area (Å²) >= 11 is 0. The lowest BCUT2D eigenvalue weighted by molar-refractivity contribution is 0.102. The first kappa shape index (κ1) is 14.2. The molecule has 1 N–H and O–H groups in total. The molecule has 1 aromatic heterocycles. The van der Waals surface area contributed by atoms with E-state index in [1.165, 1.54) is 0 Å². The van der Waals surface area contributed by atoms with Crippen LogP contribution in [0.1, 0.15) is 10.4 Å². The van der Waals surface area contributed by atoms with Crippen LogP contribution in [0.4, 0.5) is 11.4 Å². The molecule has 0 saturated heterocycles. The van der Waals surface area contributed by atoms with E-state index in [9.17, 15) is 4.79 Å². The summed E-state index contributed by atoms with van der Waals surface area (Å²) in [4.78, 5) is 14.5. The van der Waals surface area contributed by atoms with Crippen LogP contribution < -0.4 is 10.2 Å². The van der Waals surface area contributed by atoms with Crippen molar-refractivity contribution in [1.82, 2.24) is 4.57 Å². The van der Waals surface area contributed by atoms with Crippen molar-refractivity contribution in [3.63, 3.8) is 0 Å². The molecule has 0 atom stereocenters. The molecule has 2 aromatic carbocycles. The summed E-state index contributed by atoms with van der Waals surface area (Å²) in [7, 11) is 5.96. The molecule has 0 aliphatic carbocycles. The molecule has 3 aromatic rings. The first-order valence-corrected chi connectivity index (χ1v) is 7.19. The van der Waals surface area contributed by atoms with Gasteiger partial charge in [-0.05, 0) is 42.5 Å². The molecule has 0 unspecified atom stereocenters. The standard InChI is InChI=1S/C18H19N3O/c1-20(2)14-9-7-13(8-10-14)19-18(22)16-5-4-6-17-15(16)11-12-21(17)3/h4-12H,1-3H3,(H,19,22). The van der Waals surface area contributed by atoms with E-state index in [0.29, 0.717) is 5.56 Å². The van der Waals surface area contributed by atoms with Crippen molar-refractivity contribution < 1.29 is 4.79 Å². The Labute approximate surface area is 130 Å². The lowest BCUT2D eigenvalue weighted by Gasteiger charge is -2.13. The van der Waals surface area contributed by atoms with Crippen molar-refractivity contribution in [2.24, 2.45) is 7.05 Å². The van der Waals surface area contributed by atoms with Crippen LogP contribution in [-0.2, 0) is 7.05 Å². The van der Waals surface area contributed by atoms with Crippen molar-refractivity contribution >= 4 is 28.2 Å². The van der Waals surface area contributed by atoms with E-state index in [1.54, 1.807) is 0 Å². The molecule has 0 aliphatic rings. The number of rotatable bonds is 3. The van der Waals surface area contributed by atoms with E-state index in [0.717, 1.165) is 22.3 Å². The van der Waals surface area contributed by atoms with E-state index in [1.807, 2.05) is 85.3 Å². The van der Waals surface area contributed by atoms with Crippen LogP contribution in [0.2, 0.25) is 0 Å². The van der Waals surface area contributed by atoms with Gasteiger partial charge in [0.05, 0.1) is 0 Å². The number of fused-ring (bicyclic) bond motifs is 1. The lowest BCUT2D eigenvalue weighted by atomic mass is 10.1. The normalized spacial score (nSPS) is 10.7. The Morgan fingerprint density at radius 3 is 2.45 bits per heavy atom. The summed E-state index contributed by atoms with van der Waals surface area (Å²) in [5.41, 5.74) is 3.64. The second kappa shape index (κ2) is 5.56. The minimum atomic E-state index is -0.0885. The minimum absolute atomic E-state index is 0.0885. The van der Waals surface area contributed by atoms with Gasteiger partial charge in [0.1, 0.15) is 0 Å². The maximum atomic E-state index is 12.5. The topological polar surface area (TPSA) is 37.3 Å². The molecular formula is C18H19N3O. The van der Waals surface area contributed by atoms with Gasteiger partial charge in [0, 0.05) is 55.2 Å². The first-order chi connectivity index (χ1) is 10.6. The zero-order valence-corrected chi connectivity index (χ0v) is 13.0. The highest BCUT2D eigenvalue weighted by Crippen LogP contribution is 2.21. The van der Waals surface area contributed by atoms with Gasteiger partial charge in [-0.25, -0.2) is 0 Å². The molecule has 1 heterocycles. The molecule has 0 aliphatic heterocycles. The molecule has 1 amide bonds. The van der Waals surface area contributed by atoms with Gasteiger partial charge in [0.2, 0.25) is 0 Å². The number of carbonyl (C=O) groups excluding carboxylic acids is 1. The fourth-order valence-electron chi connectivity index (χ4n) is 2.54. The Bertz CT molecular complexity index is 816. The largest absolute Gasteiger partial charge is 0.378 e. The monoisotopic (exact) mass is 293 g/mol. The molecule has 22 heavy (non-hydrogen) atoms. The number of hydrogen-bond donors (Lipinski definition) is 1. The highest BCUT2D eigenvalue weighted by atomic mass is 16.1. The minimum Gasteiger partial charge on any atom is -0.378 e. The SMILES string of the molecule is CN(C)c1ccc(NC(=O)c2cccc3c2ccn3C)cc1. The Balaban J connectivity index is 1.87. The van der Waals surface area contributed by atoms with Gasteiger partial charge in [-0.2, -0.15) is 0 Å². The van der Waals surface area contributed by atoms with Crippen molar-refractivity contribution in [1.29, 1.82) is 0 Å². The molecule has 0 saturated carbocycles. The molecule has 0 bridgehead atoms. The Kier molecular flexibility index (Phi) is 3.59. The highest BCUT2D eigenvalue weighted by Gasteiger charge is 2.11. The third kappa shape index (κ3) is 2.55. The quantitative estimate of drug-likeness (QED) is 0.802. The smallest absolute Gasteiger partial charge is 0.256 e. The zero-order chi connectivity index (χ0) is 15.7. The average Bonchev–Trinajstić information content (AvgIpc) is 2.89. The summed E-state index contributed by atoms with van der Waals surface area (Å²) in [6.07, 6.45) is 1.97. The number of aromatic nitrogens is 1. The number of amides is 1. The predicted molar refractivity (Wildman–Crippen MR) is 91.6 cm³/mol. The van der Waals surface area contributed by atoms with E-state index in [4.69, 9.17) is 0 Å². The number of carbonyl (C=O) groups is 1. The van der Waals surface area contributed by atoms with Gasteiger partial charge < -0.3 is 14.8 Å². The van der Waals surface area contributed by atoms with Crippen molar-refractivity contribution in [2.45, 2.75) is 0 Å². The van der Waals surface area contributed by atoms with Gasteiger partial charge in [-0.15, -0.1) is 0 Å². The van der Waals surface area contributed by atoms with Crippen molar-refractivity contribution in [2.75, 3.05) is 24.3 Å². The van der Waals surface area contributed by atoms with Crippen LogP contribution in [0, 0.1) is 0 Å². The predicted octanol–water partition coefficient (Wildman–Crippen LogP) is 3.50. The summed E-state index contributed by atoms with van der Waals surface area (Å²) in [6.45, 7) is 0. The number of hydrogen-bond acceptors (Lipinski definition) is 2. The fourth-order valence-corrected chi connectivity index (χ4v) is 2.54. The van der Waals surface area contributed by atoms with E-state index in [-0.39, 0.29) is 5.91 Å². The molecule has 0 fully saturated rings. The fraction of sp³-hybridized carbons (Fsp3) is 0.167. The van der Waals surface area contributed by atoms with Gasteiger partial charge in [0.25, 0.3) is 5.91 Å². The first-order valence-electron chi connectivity index (χ1n) is 7.19. The number of nitrogens with zero attached hydrogens (tertiary/aromatic N) is 2. The van der Waals surface area contributed by atoms with Crippen LogP contribution in [0.5, 0.6) is 0 Å². The number of aryl methyl sites for hydroxylation is 1. The maximum Gasteiger partial charge on any atom is 0.256 e. The highest BCUT2D eigenvalue weighted by molar-refractivity contribution is 6.12. The Morgan fingerprint density at radius 1 is 1.05 bits per heavy atom. The summed E-state index contributed by atoms with van der Waals surface area (Å²) in [6, 6.07) is 15.5. The summed E-state index contributed by atoms with van der Waals surface area (Å²) < 4.78 is 2.01. The van der Waals surface area contributed by atoms with Crippen LogP contribution in [0.3, 0.4) is 0 Å². The second-order valence-corrected chi connectivity index (χ2v) is 5.56. The average molecular weight is 293 g/mol. The van der Waals surface area contributed by atoms with Crippen LogP contribution in [0.25, 0.3) is 10.9 Å². The molecular weight excluding hydrogens is 274 g/mol. The maximum absolute atomic E-state index is 12.5. The third-order valence-corrected chi connectivity index (χ3v) is 3.81. The van der Waals surface area contributed by atoms with Crippen molar-refractivity contribution in [3.8, 4) is 0 Å². The van der Waals surface area contributed by atoms with Gasteiger partial charge in [-0.1, -0.05) is 6.07 Å². The number of nitrogens with one attached hydrogen (secondary N) is 1.